The average Bonchev–Trinajstić information content (AvgIpc) is 2.56. The van der Waals surface area contributed by atoms with Gasteiger partial charge in [-0.2, -0.15) is 0 Å². The van der Waals surface area contributed by atoms with Gasteiger partial charge >= 0.3 is 0 Å². The quantitative estimate of drug-likeness (QED) is 0.700. The van der Waals surface area contributed by atoms with Gasteiger partial charge in [0, 0.05) is 19.6 Å². The monoisotopic (exact) mass is 360 g/mol. The fourth-order valence-corrected chi connectivity index (χ4v) is 2.68. The Bertz CT molecular complexity index is 511. The fraction of sp³-hybridized carbons (Fsp3) is 0.588. The second-order valence-electron chi connectivity index (χ2n) is 5.76. The van der Waals surface area contributed by atoms with Crippen molar-refractivity contribution in [2.75, 3.05) is 38.7 Å². The summed E-state index contributed by atoms with van der Waals surface area (Å²) in [6.45, 7) is 2.82. The minimum Gasteiger partial charge on any atom is -0.489 e. The van der Waals surface area contributed by atoms with Gasteiger partial charge < -0.3 is 20.1 Å². The molecule has 1 fully saturated rings. The summed E-state index contributed by atoms with van der Waals surface area (Å²) in [7, 11) is 1.58. The zero-order valence-electron chi connectivity index (χ0n) is 14.0. The van der Waals surface area contributed by atoms with Crippen molar-refractivity contribution in [3.05, 3.63) is 24.0 Å². The van der Waals surface area contributed by atoms with Crippen LogP contribution in [0.3, 0.4) is 0 Å². The van der Waals surface area contributed by atoms with E-state index in [1.54, 1.807) is 7.11 Å². The van der Waals surface area contributed by atoms with E-state index in [1.807, 2.05) is 0 Å². The Morgan fingerprint density at radius 3 is 2.79 bits per heavy atom. The number of rotatable bonds is 8. The number of ether oxygens (including phenoxy) is 2. The van der Waals surface area contributed by atoms with Crippen molar-refractivity contribution in [2.24, 2.45) is 5.92 Å². The number of nitrogens with one attached hydrogen (secondary N) is 2. The highest BCUT2D eigenvalue weighted by Gasteiger charge is 2.15. The van der Waals surface area contributed by atoms with E-state index in [9.17, 15) is 9.18 Å². The molecule has 0 aromatic heterocycles. The van der Waals surface area contributed by atoms with Crippen LogP contribution in [0.2, 0.25) is 0 Å². The number of hydrogen-bond donors (Lipinski definition) is 2. The Labute approximate surface area is 148 Å². The zero-order valence-corrected chi connectivity index (χ0v) is 14.8. The largest absolute Gasteiger partial charge is 0.489 e. The lowest BCUT2D eigenvalue weighted by Crippen LogP contribution is -2.28. The summed E-state index contributed by atoms with van der Waals surface area (Å²) < 4.78 is 23.9. The minimum absolute atomic E-state index is 0. The zero-order chi connectivity index (χ0) is 16.5. The van der Waals surface area contributed by atoms with Crippen molar-refractivity contribution in [3.63, 3.8) is 0 Å². The van der Waals surface area contributed by atoms with Crippen LogP contribution in [-0.4, -0.2) is 39.3 Å². The molecule has 0 saturated carbocycles. The van der Waals surface area contributed by atoms with E-state index in [-0.39, 0.29) is 18.3 Å². The fourth-order valence-electron chi connectivity index (χ4n) is 2.68. The molecule has 1 amide bonds. The van der Waals surface area contributed by atoms with Crippen molar-refractivity contribution in [2.45, 2.75) is 25.7 Å². The first kappa shape index (κ1) is 20.7. The number of carbonyl (C=O) groups excluding carboxylic acids is 1. The lowest BCUT2D eigenvalue weighted by Gasteiger charge is -2.22. The molecule has 2 N–H and O–H groups in total. The molecule has 5 nitrogen and oxygen atoms in total. The third kappa shape index (κ3) is 7.03. The summed E-state index contributed by atoms with van der Waals surface area (Å²) >= 11 is 0. The molecule has 0 aliphatic carbocycles. The number of halogens is 2. The maximum atomic E-state index is 13.4. The maximum absolute atomic E-state index is 13.4. The number of benzene rings is 1. The molecule has 1 heterocycles. The third-order valence-corrected chi connectivity index (χ3v) is 4.00. The van der Waals surface area contributed by atoms with Crippen molar-refractivity contribution < 1.29 is 18.7 Å². The second-order valence-corrected chi connectivity index (χ2v) is 5.76. The second kappa shape index (κ2) is 11.2. The minimum atomic E-state index is -0.405. The van der Waals surface area contributed by atoms with Gasteiger partial charge in [0.25, 0.3) is 0 Å². The number of piperidine rings is 1. The summed E-state index contributed by atoms with van der Waals surface area (Å²) in [5.41, 5.74) is 0.372. The number of methoxy groups -OCH3 is 1. The van der Waals surface area contributed by atoms with Crippen LogP contribution in [0, 0.1) is 11.7 Å². The smallest absolute Gasteiger partial charge is 0.224 e. The van der Waals surface area contributed by atoms with E-state index in [1.165, 1.54) is 18.2 Å². The van der Waals surface area contributed by atoms with Crippen LogP contribution in [0.15, 0.2) is 18.2 Å². The Kier molecular flexibility index (Phi) is 9.67. The van der Waals surface area contributed by atoms with Crippen LogP contribution < -0.4 is 15.4 Å². The highest BCUT2D eigenvalue weighted by Crippen LogP contribution is 2.26. The summed E-state index contributed by atoms with van der Waals surface area (Å²) in [6, 6.07) is 4.12. The van der Waals surface area contributed by atoms with Gasteiger partial charge in [-0.3, -0.25) is 4.79 Å². The van der Waals surface area contributed by atoms with Gasteiger partial charge in [0.15, 0.2) is 0 Å². The van der Waals surface area contributed by atoms with Gasteiger partial charge in [-0.1, -0.05) is 0 Å². The van der Waals surface area contributed by atoms with E-state index < -0.39 is 5.82 Å². The molecule has 0 atom stereocenters. The molecule has 24 heavy (non-hydrogen) atoms. The van der Waals surface area contributed by atoms with Crippen molar-refractivity contribution in [1.29, 1.82) is 0 Å². The number of carbonyl (C=O) groups is 1. The Morgan fingerprint density at radius 2 is 2.08 bits per heavy atom. The van der Waals surface area contributed by atoms with Gasteiger partial charge in [-0.15, -0.1) is 12.4 Å². The van der Waals surface area contributed by atoms with Gasteiger partial charge in [0.1, 0.15) is 18.2 Å². The summed E-state index contributed by atoms with van der Waals surface area (Å²) in [5, 5.41) is 6.07. The molecular weight excluding hydrogens is 335 g/mol. The standard InChI is InChI=1S/C17H25FN2O3.ClH/c1-22-10-11-23-16-4-3-14(18)12-15(16)20-17(21)5-2-13-6-8-19-9-7-13;/h3-4,12-13,19H,2,5-11H2,1H3,(H,20,21);1H. The van der Waals surface area contributed by atoms with Crippen molar-refractivity contribution in [3.8, 4) is 5.75 Å². The summed E-state index contributed by atoms with van der Waals surface area (Å²) in [5.74, 6) is 0.536. The lowest BCUT2D eigenvalue weighted by atomic mass is 9.93. The lowest BCUT2D eigenvalue weighted by molar-refractivity contribution is -0.116. The molecule has 0 bridgehead atoms. The molecule has 1 aromatic rings. The molecule has 0 radical (unpaired) electrons. The van der Waals surface area contributed by atoms with Gasteiger partial charge in [0.05, 0.1) is 12.3 Å². The number of anilines is 1. The van der Waals surface area contributed by atoms with E-state index in [0.717, 1.165) is 32.4 Å². The average molecular weight is 361 g/mol. The summed E-state index contributed by atoms with van der Waals surface area (Å²) in [4.78, 5) is 12.1. The molecule has 1 aliphatic rings. The maximum Gasteiger partial charge on any atom is 0.224 e. The molecule has 0 spiro atoms. The number of hydrogen-bond acceptors (Lipinski definition) is 4. The molecule has 7 heteroatoms. The molecular formula is C17H26ClFN2O3. The van der Waals surface area contributed by atoms with Crippen LogP contribution in [0.1, 0.15) is 25.7 Å². The van der Waals surface area contributed by atoms with Crippen LogP contribution >= 0.6 is 12.4 Å². The molecule has 136 valence electrons. The first-order valence-electron chi connectivity index (χ1n) is 8.11. The third-order valence-electron chi connectivity index (χ3n) is 4.00. The molecule has 2 rings (SSSR count). The van der Waals surface area contributed by atoms with E-state index >= 15 is 0 Å². The van der Waals surface area contributed by atoms with E-state index in [2.05, 4.69) is 10.6 Å². The SMILES string of the molecule is COCCOc1ccc(F)cc1NC(=O)CCC1CCNCC1.Cl. The predicted octanol–water partition coefficient (Wildman–Crippen LogP) is 2.99. The van der Waals surface area contributed by atoms with Crippen molar-refractivity contribution in [1.82, 2.24) is 5.32 Å². The Hall–Kier alpha value is -1.37. The van der Waals surface area contributed by atoms with Gasteiger partial charge in [-0.25, -0.2) is 4.39 Å². The van der Waals surface area contributed by atoms with Gasteiger partial charge in [0.2, 0.25) is 5.91 Å². The van der Waals surface area contributed by atoms with Crippen LogP contribution in [0.25, 0.3) is 0 Å². The highest BCUT2D eigenvalue weighted by atomic mass is 35.5. The Morgan fingerprint density at radius 1 is 1.33 bits per heavy atom. The Balaban J connectivity index is 0.00000288. The predicted molar refractivity (Wildman–Crippen MR) is 94.5 cm³/mol. The molecule has 0 unspecified atom stereocenters. The van der Waals surface area contributed by atoms with E-state index in [0.29, 0.717) is 37.0 Å². The van der Waals surface area contributed by atoms with Crippen LogP contribution in [0.4, 0.5) is 10.1 Å². The molecule has 1 aliphatic heterocycles. The first-order chi connectivity index (χ1) is 11.2. The van der Waals surface area contributed by atoms with Crippen LogP contribution in [0.5, 0.6) is 5.75 Å². The van der Waals surface area contributed by atoms with Gasteiger partial charge in [-0.05, 0) is 50.4 Å². The van der Waals surface area contributed by atoms with Crippen molar-refractivity contribution >= 4 is 24.0 Å². The highest BCUT2D eigenvalue weighted by molar-refractivity contribution is 5.92. The first-order valence-corrected chi connectivity index (χ1v) is 8.11. The molecule has 1 saturated heterocycles. The topological polar surface area (TPSA) is 59.6 Å². The molecule has 1 aromatic carbocycles. The summed E-state index contributed by atoms with van der Waals surface area (Å²) in [6.07, 6.45) is 3.53. The van der Waals surface area contributed by atoms with E-state index in [4.69, 9.17) is 9.47 Å². The van der Waals surface area contributed by atoms with Crippen LogP contribution in [-0.2, 0) is 9.53 Å². The normalized spacial score (nSPS) is 14.8. The number of amides is 1.